The number of likely N-dealkylation sites (tertiary alicyclic amines) is 1. The summed E-state index contributed by atoms with van der Waals surface area (Å²) in [4.78, 5) is 14.7. The van der Waals surface area contributed by atoms with Crippen molar-refractivity contribution in [1.82, 2.24) is 10.2 Å². The van der Waals surface area contributed by atoms with Crippen molar-refractivity contribution in [2.75, 3.05) is 19.6 Å². The summed E-state index contributed by atoms with van der Waals surface area (Å²) in [5, 5.41) is 3.41. The summed E-state index contributed by atoms with van der Waals surface area (Å²) in [6, 6.07) is 7.35. The first kappa shape index (κ1) is 19.2. The van der Waals surface area contributed by atoms with E-state index in [0.29, 0.717) is 17.9 Å². The number of nitrogens with zero attached hydrogens (tertiary/aromatic N) is 1. The third-order valence-electron chi connectivity index (χ3n) is 5.31. The van der Waals surface area contributed by atoms with Gasteiger partial charge in [0.2, 0.25) is 5.91 Å². The fourth-order valence-electron chi connectivity index (χ4n) is 3.97. The van der Waals surface area contributed by atoms with E-state index in [4.69, 9.17) is 0 Å². The van der Waals surface area contributed by atoms with Crippen LogP contribution in [0.4, 0.5) is 4.39 Å². The zero-order chi connectivity index (χ0) is 16.2. The van der Waals surface area contributed by atoms with Gasteiger partial charge in [0, 0.05) is 25.0 Å². The Labute approximate surface area is 150 Å². The van der Waals surface area contributed by atoms with E-state index in [0.717, 1.165) is 57.3 Å². The van der Waals surface area contributed by atoms with Crippen LogP contribution in [0.15, 0.2) is 24.3 Å². The topological polar surface area (TPSA) is 32.3 Å². The second-order valence-electron chi connectivity index (χ2n) is 7.18. The van der Waals surface area contributed by atoms with Crippen LogP contribution in [0.5, 0.6) is 0 Å². The van der Waals surface area contributed by atoms with Crippen LogP contribution in [0.2, 0.25) is 0 Å². The van der Waals surface area contributed by atoms with Crippen LogP contribution >= 0.6 is 12.4 Å². The van der Waals surface area contributed by atoms with Crippen LogP contribution in [0.1, 0.15) is 38.2 Å². The molecule has 2 aliphatic rings. The number of benzene rings is 1. The molecule has 1 aromatic rings. The lowest BCUT2D eigenvalue weighted by Crippen LogP contribution is -2.46. The van der Waals surface area contributed by atoms with Gasteiger partial charge in [-0.1, -0.05) is 12.1 Å². The summed E-state index contributed by atoms with van der Waals surface area (Å²) in [6.07, 6.45) is 4.91. The largest absolute Gasteiger partial charge is 0.342 e. The van der Waals surface area contributed by atoms with E-state index in [1.807, 2.05) is 6.07 Å². The molecule has 0 saturated carbocycles. The summed E-state index contributed by atoms with van der Waals surface area (Å²) in [5.74, 6) is 0.955. The Kier molecular flexibility index (Phi) is 7.05. The lowest BCUT2D eigenvalue weighted by molar-refractivity contribution is -0.138. The highest BCUT2D eigenvalue weighted by Crippen LogP contribution is 2.25. The quantitative estimate of drug-likeness (QED) is 0.902. The van der Waals surface area contributed by atoms with Crippen molar-refractivity contribution in [2.45, 2.75) is 45.1 Å². The summed E-state index contributed by atoms with van der Waals surface area (Å²) in [7, 11) is 0. The zero-order valence-corrected chi connectivity index (χ0v) is 15.2. The fraction of sp³-hybridized carbons (Fsp3) is 0.632. The number of hydrogen-bond acceptors (Lipinski definition) is 2. The first-order valence-electron chi connectivity index (χ1n) is 8.88. The van der Waals surface area contributed by atoms with Crippen molar-refractivity contribution in [1.29, 1.82) is 0 Å². The third-order valence-corrected chi connectivity index (χ3v) is 5.31. The van der Waals surface area contributed by atoms with E-state index in [1.165, 1.54) is 6.07 Å². The molecule has 0 radical (unpaired) electrons. The fourth-order valence-corrected chi connectivity index (χ4v) is 3.97. The molecule has 5 heteroatoms. The molecule has 1 aromatic carbocycles. The van der Waals surface area contributed by atoms with Crippen LogP contribution in [0.3, 0.4) is 0 Å². The summed E-state index contributed by atoms with van der Waals surface area (Å²) >= 11 is 0. The van der Waals surface area contributed by atoms with Gasteiger partial charge in [-0.2, -0.15) is 0 Å². The standard InChI is InChI=1S/C19H27FN2O.ClH/c1-14-11-17(5-8-21-14)19(23)22-9-6-15(7-10-22)12-16-3-2-4-18(20)13-16;/h2-4,13-15,17,21H,5-12H2,1H3;1H/t14-,17-;/m0./s1. The molecule has 134 valence electrons. The molecule has 2 aliphatic heterocycles. The van der Waals surface area contributed by atoms with Crippen LogP contribution < -0.4 is 5.32 Å². The molecule has 2 heterocycles. The normalized spacial score (nSPS) is 25.2. The van der Waals surface area contributed by atoms with E-state index < -0.39 is 0 Å². The molecule has 0 aromatic heterocycles. The molecule has 2 atom stereocenters. The minimum absolute atomic E-state index is 0. The van der Waals surface area contributed by atoms with Crippen molar-refractivity contribution in [2.24, 2.45) is 11.8 Å². The van der Waals surface area contributed by atoms with Crippen LogP contribution in [-0.4, -0.2) is 36.5 Å². The Morgan fingerprint density at radius 1 is 1.29 bits per heavy atom. The van der Waals surface area contributed by atoms with Gasteiger partial charge in [-0.3, -0.25) is 4.79 Å². The SMILES string of the molecule is C[C@H]1C[C@@H](C(=O)N2CCC(Cc3cccc(F)c3)CC2)CCN1.Cl. The summed E-state index contributed by atoms with van der Waals surface area (Å²) in [5.41, 5.74) is 1.07. The van der Waals surface area contributed by atoms with Gasteiger partial charge < -0.3 is 10.2 Å². The molecule has 3 rings (SSSR count). The minimum Gasteiger partial charge on any atom is -0.342 e. The van der Waals surface area contributed by atoms with Crippen molar-refractivity contribution in [3.63, 3.8) is 0 Å². The highest BCUT2D eigenvalue weighted by Gasteiger charge is 2.30. The minimum atomic E-state index is -0.157. The van der Waals surface area contributed by atoms with Gasteiger partial charge in [0.25, 0.3) is 0 Å². The number of halogens is 2. The third kappa shape index (κ3) is 4.93. The van der Waals surface area contributed by atoms with E-state index >= 15 is 0 Å². The smallest absolute Gasteiger partial charge is 0.225 e. The number of carbonyl (C=O) groups excluding carboxylic acids is 1. The van der Waals surface area contributed by atoms with Gasteiger partial charge in [0.1, 0.15) is 5.82 Å². The molecule has 0 unspecified atom stereocenters. The number of nitrogens with one attached hydrogen (secondary N) is 1. The predicted octanol–water partition coefficient (Wildman–Crippen LogP) is 3.42. The van der Waals surface area contributed by atoms with Gasteiger partial charge in [-0.05, 0) is 69.2 Å². The average molecular weight is 355 g/mol. The number of hydrogen-bond donors (Lipinski definition) is 1. The van der Waals surface area contributed by atoms with E-state index in [-0.39, 0.29) is 24.1 Å². The lowest BCUT2D eigenvalue weighted by Gasteiger charge is -2.36. The number of piperidine rings is 2. The highest BCUT2D eigenvalue weighted by molar-refractivity contribution is 5.85. The Morgan fingerprint density at radius 2 is 2.04 bits per heavy atom. The van der Waals surface area contributed by atoms with Crippen LogP contribution in [0.25, 0.3) is 0 Å². The van der Waals surface area contributed by atoms with E-state index in [9.17, 15) is 9.18 Å². The highest BCUT2D eigenvalue weighted by atomic mass is 35.5. The molecule has 3 nitrogen and oxygen atoms in total. The monoisotopic (exact) mass is 354 g/mol. The summed E-state index contributed by atoms with van der Waals surface area (Å²) < 4.78 is 13.3. The van der Waals surface area contributed by atoms with E-state index in [1.54, 1.807) is 12.1 Å². The molecule has 0 bridgehead atoms. The van der Waals surface area contributed by atoms with Gasteiger partial charge in [-0.15, -0.1) is 12.4 Å². The molecule has 1 amide bonds. The average Bonchev–Trinajstić information content (AvgIpc) is 2.55. The van der Waals surface area contributed by atoms with E-state index in [2.05, 4.69) is 17.1 Å². The first-order valence-corrected chi connectivity index (χ1v) is 8.88. The number of carbonyl (C=O) groups is 1. The predicted molar refractivity (Wildman–Crippen MR) is 96.8 cm³/mol. The molecular formula is C19H28ClFN2O. The Bertz CT molecular complexity index is 546. The molecule has 2 saturated heterocycles. The second-order valence-corrected chi connectivity index (χ2v) is 7.18. The Balaban J connectivity index is 0.00000208. The Hall–Kier alpha value is -1.13. The Morgan fingerprint density at radius 3 is 2.71 bits per heavy atom. The van der Waals surface area contributed by atoms with Gasteiger partial charge >= 0.3 is 0 Å². The number of rotatable bonds is 3. The maximum absolute atomic E-state index is 13.3. The van der Waals surface area contributed by atoms with Crippen molar-refractivity contribution < 1.29 is 9.18 Å². The first-order chi connectivity index (χ1) is 11.1. The van der Waals surface area contributed by atoms with Gasteiger partial charge in [-0.25, -0.2) is 4.39 Å². The maximum Gasteiger partial charge on any atom is 0.225 e. The summed E-state index contributed by atoms with van der Waals surface area (Å²) in [6.45, 7) is 4.83. The van der Waals surface area contributed by atoms with Crippen LogP contribution in [0, 0.1) is 17.7 Å². The van der Waals surface area contributed by atoms with Crippen molar-refractivity contribution >= 4 is 18.3 Å². The molecule has 0 aliphatic carbocycles. The molecular weight excluding hydrogens is 327 g/mol. The number of amides is 1. The van der Waals surface area contributed by atoms with Crippen molar-refractivity contribution in [3.05, 3.63) is 35.6 Å². The lowest BCUT2D eigenvalue weighted by atomic mass is 9.88. The van der Waals surface area contributed by atoms with Gasteiger partial charge in [0.15, 0.2) is 0 Å². The maximum atomic E-state index is 13.3. The second kappa shape index (κ2) is 8.82. The molecule has 24 heavy (non-hydrogen) atoms. The molecule has 1 N–H and O–H groups in total. The van der Waals surface area contributed by atoms with Crippen molar-refractivity contribution in [3.8, 4) is 0 Å². The molecule has 0 spiro atoms. The zero-order valence-electron chi connectivity index (χ0n) is 14.3. The molecule has 2 fully saturated rings. The van der Waals surface area contributed by atoms with Crippen LogP contribution in [-0.2, 0) is 11.2 Å². The van der Waals surface area contributed by atoms with Gasteiger partial charge in [0.05, 0.1) is 0 Å².